The molecule has 0 bridgehead atoms. The molecule has 1 aliphatic carbocycles. The predicted molar refractivity (Wildman–Crippen MR) is 72.3 cm³/mol. The van der Waals surface area contributed by atoms with Crippen LogP contribution in [0.3, 0.4) is 0 Å². The molecule has 1 heterocycles. The Bertz CT molecular complexity index is 510. The number of hydrogen-bond donors (Lipinski definition) is 2. The van der Waals surface area contributed by atoms with Crippen LogP contribution < -0.4 is 4.72 Å². The van der Waals surface area contributed by atoms with Gasteiger partial charge in [-0.15, -0.1) is 0 Å². The fourth-order valence-electron chi connectivity index (χ4n) is 2.50. The summed E-state index contributed by atoms with van der Waals surface area (Å²) in [4.78, 5) is 4.58. The molecule has 0 atom stereocenters. The van der Waals surface area contributed by atoms with Crippen molar-refractivity contribution in [1.82, 2.24) is 9.71 Å². The van der Waals surface area contributed by atoms with Crippen LogP contribution >= 0.6 is 0 Å². The molecule has 0 aromatic carbocycles. The van der Waals surface area contributed by atoms with Crippen molar-refractivity contribution >= 4 is 10.0 Å². The van der Waals surface area contributed by atoms with Gasteiger partial charge in [0.2, 0.25) is 10.0 Å². The lowest BCUT2D eigenvalue weighted by atomic mass is 10.0. The third-order valence-corrected chi connectivity index (χ3v) is 4.97. The van der Waals surface area contributed by atoms with Gasteiger partial charge in [0, 0.05) is 25.3 Å². The van der Waals surface area contributed by atoms with Gasteiger partial charge in [0.05, 0.1) is 5.69 Å². The second-order valence-corrected chi connectivity index (χ2v) is 6.58. The number of rotatable bonds is 6. The highest BCUT2D eigenvalue weighted by atomic mass is 32.2. The molecule has 0 radical (unpaired) electrons. The van der Waals surface area contributed by atoms with Crippen LogP contribution in [-0.4, -0.2) is 31.7 Å². The van der Waals surface area contributed by atoms with Gasteiger partial charge in [-0.1, -0.05) is 12.8 Å². The minimum Gasteiger partial charge on any atom is -0.396 e. The fraction of sp³-hybridized carbons (Fsp3) is 0.615. The summed E-state index contributed by atoms with van der Waals surface area (Å²) >= 11 is 0. The van der Waals surface area contributed by atoms with Crippen molar-refractivity contribution in [3.05, 3.63) is 24.0 Å². The molecule has 6 heteroatoms. The number of aliphatic hydroxyl groups excluding tert-OH is 1. The first-order chi connectivity index (χ1) is 9.15. The predicted octanol–water partition coefficient (Wildman–Crippen LogP) is 1.40. The minimum absolute atomic E-state index is 0.0228. The SMILES string of the molecule is O=S(=O)(NCCCO)c1cccnc1C1CCCC1. The van der Waals surface area contributed by atoms with E-state index in [1.54, 1.807) is 18.3 Å². The zero-order valence-electron chi connectivity index (χ0n) is 10.9. The largest absolute Gasteiger partial charge is 0.396 e. The lowest BCUT2D eigenvalue weighted by molar-refractivity contribution is 0.289. The maximum absolute atomic E-state index is 12.3. The van der Waals surface area contributed by atoms with Crippen LogP contribution in [0.5, 0.6) is 0 Å². The molecule has 1 aromatic rings. The summed E-state index contributed by atoms with van der Waals surface area (Å²) in [7, 11) is -3.52. The molecular weight excluding hydrogens is 264 g/mol. The van der Waals surface area contributed by atoms with E-state index in [1.807, 2.05) is 0 Å². The fourth-order valence-corrected chi connectivity index (χ4v) is 3.82. The summed E-state index contributed by atoms with van der Waals surface area (Å²) in [6.07, 6.45) is 6.36. The van der Waals surface area contributed by atoms with Crippen molar-refractivity contribution in [3.63, 3.8) is 0 Å². The van der Waals surface area contributed by atoms with E-state index < -0.39 is 10.0 Å². The topological polar surface area (TPSA) is 79.3 Å². The Morgan fingerprint density at radius 3 is 2.79 bits per heavy atom. The molecule has 0 spiro atoms. The summed E-state index contributed by atoms with van der Waals surface area (Å²) in [6.45, 7) is 0.225. The zero-order chi connectivity index (χ0) is 13.7. The van der Waals surface area contributed by atoms with E-state index in [-0.39, 0.29) is 19.1 Å². The summed E-state index contributed by atoms with van der Waals surface area (Å²) in [6, 6.07) is 3.26. The lowest BCUT2D eigenvalue weighted by Crippen LogP contribution is -2.27. The molecule has 0 amide bonds. The highest BCUT2D eigenvalue weighted by Gasteiger charge is 2.26. The number of hydrogen-bond acceptors (Lipinski definition) is 4. The van der Waals surface area contributed by atoms with Gasteiger partial charge in [-0.25, -0.2) is 13.1 Å². The normalized spacial score (nSPS) is 16.9. The van der Waals surface area contributed by atoms with Crippen LogP contribution in [0, 0.1) is 0 Å². The Hall–Kier alpha value is -0.980. The second kappa shape index (κ2) is 6.45. The van der Waals surface area contributed by atoms with E-state index in [4.69, 9.17) is 5.11 Å². The first-order valence-electron chi connectivity index (χ1n) is 6.70. The molecule has 2 rings (SSSR count). The van der Waals surface area contributed by atoms with Crippen LogP contribution in [0.2, 0.25) is 0 Å². The maximum Gasteiger partial charge on any atom is 0.242 e. The van der Waals surface area contributed by atoms with E-state index in [1.165, 1.54) is 0 Å². The molecule has 0 unspecified atom stereocenters. The molecule has 5 nitrogen and oxygen atoms in total. The first-order valence-corrected chi connectivity index (χ1v) is 8.19. The smallest absolute Gasteiger partial charge is 0.242 e. The Morgan fingerprint density at radius 2 is 2.11 bits per heavy atom. The Labute approximate surface area is 114 Å². The van der Waals surface area contributed by atoms with E-state index in [0.717, 1.165) is 25.7 Å². The van der Waals surface area contributed by atoms with E-state index in [9.17, 15) is 8.42 Å². The van der Waals surface area contributed by atoms with Crippen molar-refractivity contribution in [1.29, 1.82) is 0 Å². The Kier molecular flexibility index (Phi) is 4.90. The minimum atomic E-state index is -3.52. The highest BCUT2D eigenvalue weighted by molar-refractivity contribution is 7.89. The Balaban J connectivity index is 2.23. The van der Waals surface area contributed by atoms with Gasteiger partial charge >= 0.3 is 0 Å². The quantitative estimate of drug-likeness (QED) is 0.774. The molecule has 0 saturated heterocycles. The molecule has 1 fully saturated rings. The van der Waals surface area contributed by atoms with Gasteiger partial charge in [0.1, 0.15) is 4.90 Å². The van der Waals surface area contributed by atoms with Crippen molar-refractivity contribution in [2.75, 3.05) is 13.2 Å². The van der Waals surface area contributed by atoms with Crippen LogP contribution in [-0.2, 0) is 10.0 Å². The summed E-state index contributed by atoms with van der Waals surface area (Å²) in [5, 5.41) is 8.71. The van der Waals surface area contributed by atoms with Gasteiger partial charge in [-0.3, -0.25) is 4.98 Å². The zero-order valence-corrected chi connectivity index (χ0v) is 11.7. The monoisotopic (exact) mass is 284 g/mol. The first kappa shape index (κ1) is 14.4. The maximum atomic E-state index is 12.3. The van der Waals surface area contributed by atoms with E-state index in [0.29, 0.717) is 17.0 Å². The molecule has 106 valence electrons. The van der Waals surface area contributed by atoms with Gasteiger partial charge in [0.15, 0.2) is 0 Å². The summed E-state index contributed by atoms with van der Waals surface area (Å²) in [5.74, 6) is 0.255. The van der Waals surface area contributed by atoms with Gasteiger partial charge in [-0.05, 0) is 31.4 Å². The Morgan fingerprint density at radius 1 is 1.37 bits per heavy atom. The number of aliphatic hydroxyl groups is 1. The average molecular weight is 284 g/mol. The molecule has 0 aliphatic heterocycles. The van der Waals surface area contributed by atoms with Crippen LogP contribution in [0.15, 0.2) is 23.2 Å². The molecule has 1 aliphatic rings. The summed E-state index contributed by atoms with van der Waals surface area (Å²) < 4.78 is 27.0. The lowest BCUT2D eigenvalue weighted by Gasteiger charge is -2.14. The number of nitrogens with one attached hydrogen (secondary N) is 1. The van der Waals surface area contributed by atoms with Gasteiger partial charge in [-0.2, -0.15) is 0 Å². The van der Waals surface area contributed by atoms with Crippen LogP contribution in [0.4, 0.5) is 0 Å². The number of nitrogens with zero attached hydrogens (tertiary/aromatic N) is 1. The summed E-state index contributed by atoms with van der Waals surface area (Å²) in [5.41, 5.74) is 0.691. The number of aromatic nitrogens is 1. The molecule has 2 N–H and O–H groups in total. The molecule has 1 aromatic heterocycles. The highest BCUT2D eigenvalue weighted by Crippen LogP contribution is 2.35. The van der Waals surface area contributed by atoms with E-state index >= 15 is 0 Å². The van der Waals surface area contributed by atoms with Crippen molar-refractivity contribution in [2.45, 2.75) is 42.9 Å². The third kappa shape index (κ3) is 3.52. The van der Waals surface area contributed by atoms with E-state index in [2.05, 4.69) is 9.71 Å². The number of pyridine rings is 1. The van der Waals surface area contributed by atoms with Gasteiger partial charge in [0.25, 0.3) is 0 Å². The van der Waals surface area contributed by atoms with Crippen molar-refractivity contribution in [3.8, 4) is 0 Å². The second-order valence-electron chi connectivity index (χ2n) is 4.84. The third-order valence-electron chi connectivity index (χ3n) is 3.46. The van der Waals surface area contributed by atoms with Crippen LogP contribution in [0.25, 0.3) is 0 Å². The molecule has 19 heavy (non-hydrogen) atoms. The molecule has 1 saturated carbocycles. The number of sulfonamides is 1. The average Bonchev–Trinajstić information content (AvgIpc) is 2.93. The van der Waals surface area contributed by atoms with Crippen LogP contribution in [0.1, 0.15) is 43.7 Å². The van der Waals surface area contributed by atoms with Crippen molar-refractivity contribution < 1.29 is 13.5 Å². The standard InChI is InChI=1S/C13H20N2O3S/c16-10-4-9-15-19(17,18)12-7-3-8-14-13(12)11-5-1-2-6-11/h3,7-8,11,15-16H,1-2,4-6,9-10H2. The van der Waals surface area contributed by atoms with Crippen molar-refractivity contribution in [2.24, 2.45) is 0 Å². The molecular formula is C13H20N2O3S. The van der Waals surface area contributed by atoms with Gasteiger partial charge < -0.3 is 5.11 Å².